The van der Waals surface area contributed by atoms with Gasteiger partial charge in [0.1, 0.15) is 5.75 Å². The highest BCUT2D eigenvalue weighted by molar-refractivity contribution is 7.85. The van der Waals surface area contributed by atoms with E-state index in [-0.39, 0.29) is 0 Å². The van der Waals surface area contributed by atoms with Gasteiger partial charge in [-0.3, -0.25) is 4.55 Å². The molecule has 0 amide bonds. The van der Waals surface area contributed by atoms with Crippen molar-refractivity contribution in [3.8, 4) is 0 Å². The average Bonchev–Trinajstić information content (AvgIpc) is 2.62. The van der Waals surface area contributed by atoms with Gasteiger partial charge in [0.15, 0.2) is 55.5 Å². The maximum absolute atomic E-state index is 13.3. The van der Waals surface area contributed by atoms with E-state index >= 15 is 0 Å². The molecular formula is C13H20F11NO3S. The van der Waals surface area contributed by atoms with E-state index in [9.17, 15) is 56.7 Å². The van der Waals surface area contributed by atoms with Crippen LogP contribution >= 0.6 is 0 Å². The summed E-state index contributed by atoms with van der Waals surface area (Å²) >= 11 is 0. The monoisotopic (exact) mass is 479 g/mol. The maximum atomic E-state index is 13.3. The third kappa shape index (κ3) is 10.6. The third-order valence-electron chi connectivity index (χ3n) is 3.09. The molecule has 4 nitrogen and oxygen atoms in total. The number of halogens is 11. The van der Waals surface area contributed by atoms with Gasteiger partial charge in [0.05, 0.1) is 0 Å². The number of hydrogen-bond acceptors (Lipinski definition) is 3. The summed E-state index contributed by atoms with van der Waals surface area (Å²) in [7, 11) is -1.45. The summed E-state index contributed by atoms with van der Waals surface area (Å²) in [5.41, 5.74) is 0. The van der Waals surface area contributed by atoms with Crippen molar-refractivity contribution in [2.24, 2.45) is 0 Å². The van der Waals surface area contributed by atoms with Gasteiger partial charge in [0.25, 0.3) is 16.5 Å². The molecule has 9 unspecified atom stereocenters. The Hall–Kier alpha value is -0.900. The van der Waals surface area contributed by atoms with Crippen LogP contribution in [0.4, 0.5) is 48.3 Å². The minimum absolute atomic E-state index is 1.88. The molecule has 0 saturated heterocycles. The second-order valence-corrected chi connectivity index (χ2v) is 7.15. The number of hydrogen-bond donors (Lipinski definition) is 2. The predicted molar refractivity (Wildman–Crippen MR) is 81.5 cm³/mol. The minimum atomic E-state index is -5.20. The highest BCUT2D eigenvalue weighted by Gasteiger charge is 2.50. The summed E-state index contributed by atoms with van der Waals surface area (Å²) in [6, 6.07) is 0. The van der Waals surface area contributed by atoms with Crippen LogP contribution in [-0.4, -0.2) is 94.8 Å². The van der Waals surface area contributed by atoms with Gasteiger partial charge in [-0.25, -0.2) is 48.3 Å². The lowest BCUT2D eigenvalue weighted by Crippen LogP contribution is -2.49. The first-order valence-electron chi connectivity index (χ1n) is 7.61. The fourth-order valence-corrected chi connectivity index (χ4v) is 2.27. The van der Waals surface area contributed by atoms with E-state index in [4.69, 9.17) is 4.55 Å². The van der Waals surface area contributed by atoms with E-state index in [1.54, 1.807) is 0 Å². The Kier molecular flexibility index (Phi) is 14.0. The van der Waals surface area contributed by atoms with Crippen molar-refractivity contribution in [2.75, 3.05) is 19.8 Å². The second-order valence-electron chi connectivity index (χ2n) is 5.65. The average molecular weight is 479 g/mol. The Labute approximate surface area is 159 Å². The zero-order chi connectivity index (χ0) is 23.7. The highest BCUT2D eigenvalue weighted by Crippen LogP contribution is 2.29. The Morgan fingerprint density at radius 2 is 0.862 bits per heavy atom. The van der Waals surface area contributed by atoms with Crippen molar-refractivity contribution < 1.29 is 61.3 Å². The van der Waals surface area contributed by atoms with E-state index in [0.29, 0.717) is 0 Å². The van der Waals surface area contributed by atoms with Crippen molar-refractivity contribution in [3.63, 3.8) is 0 Å². The van der Waals surface area contributed by atoms with Crippen LogP contribution in [0.3, 0.4) is 0 Å². The van der Waals surface area contributed by atoms with Gasteiger partial charge < -0.3 is 5.32 Å². The number of rotatable bonds is 11. The quantitative estimate of drug-likeness (QED) is 0.353. The van der Waals surface area contributed by atoms with E-state index < -0.39 is 77.8 Å². The van der Waals surface area contributed by atoms with Gasteiger partial charge in [-0.05, 0) is 14.1 Å². The Balaban J connectivity index is 0. The second kappa shape index (κ2) is 13.4. The summed E-state index contributed by atoms with van der Waals surface area (Å²) in [6.45, 7) is 0. The fraction of sp³-hybridized carbons (Fsp3) is 1.00. The van der Waals surface area contributed by atoms with Crippen molar-refractivity contribution in [1.82, 2.24) is 5.32 Å². The van der Waals surface area contributed by atoms with Gasteiger partial charge in [-0.15, -0.1) is 0 Å². The summed E-state index contributed by atoms with van der Waals surface area (Å²) in [5, 5.41) is 2.75. The fourth-order valence-electron chi connectivity index (χ4n) is 1.69. The first-order valence-corrected chi connectivity index (χ1v) is 9.22. The number of alkyl halides is 11. The molecule has 0 fully saturated rings. The lowest BCUT2D eigenvalue weighted by Gasteiger charge is -2.26. The van der Waals surface area contributed by atoms with Crippen molar-refractivity contribution >= 4 is 10.1 Å². The summed E-state index contributed by atoms with van der Waals surface area (Å²) in [4.78, 5) is 0. The van der Waals surface area contributed by atoms with E-state index in [1.807, 2.05) is 14.1 Å². The van der Waals surface area contributed by atoms with E-state index in [2.05, 4.69) is 5.32 Å². The molecule has 2 N–H and O–H groups in total. The lowest BCUT2D eigenvalue weighted by atomic mass is 9.97. The largest absolute Gasteiger partial charge is 0.323 e. The molecular weight excluding hydrogens is 459 g/mol. The highest BCUT2D eigenvalue weighted by atomic mass is 32.2. The Bertz CT molecular complexity index is 544. The van der Waals surface area contributed by atoms with Crippen molar-refractivity contribution in [2.45, 2.75) is 62.0 Å². The van der Waals surface area contributed by atoms with Crippen molar-refractivity contribution in [3.05, 3.63) is 0 Å². The molecule has 0 spiro atoms. The maximum Gasteiger partial charge on any atom is 0.272 e. The van der Waals surface area contributed by atoms with Gasteiger partial charge in [-0.2, -0.15) is 8.42 Å². The molecule has 16 heteroatoms. The molecule has 0 heterocycles. The summed E-state index contributed by atoms with van der Waals surface area (Å²) in [6.07, 6.45) is -39.4. The normalized spacial score (nSPS) is 21.8. The molecule has 0 aromatic heterocycles. The zero-order valence-electron chi connectivity index (χ0n) is 14.8. The van der Waals surface area contributed by atoms with E-state index in [0.717, 1.165) is 0 Å². The van der Waals surface area contributed by atoms with Crippen LogP contribution in [0.2, 0.25) is 0 Å². The zero-order valence-corrected chi connectivity index (χ0v) is 15.6. The van der Waals surface area contributed by atoms with E-state index in [1.165, 1.54) is 0 Å². The first-order chi connectivity index (χ1) is 13.0. The molecule has 9 atom stereocenters. The molecule has 178 valence electrons. The molecule has 0 aromatic rings. The molecule has 0 aliphatic carbocycles. The first kappa shape index (κ1) is 30.3. The molecule has 0 aliphatic rings. The lowest BCUT2D eigenvalue weighted by molar-refractivity contribution is -0.0728. The van der Waals surface area contributed by atoms with Crippen molar-refractivity contribution in [1.29, 1.82) is 0 Å². The van der Waals surface area contributed by atoms with Gasteiger partial charge in [0.2, 0.25) is 0 Å². The third-order valence-corrected chi connectivity index (χ3v) is 3.83. The van der Waals surface area contributed by atoms with Crippen LogP contribution in [0.1, 0.15) is 0 Å². The summed E-state index contributed by atoms with van der Waals surface area (Å²) < 4.78 is 170. The van der Waals surface area contributed by atoms with Gasteiger partial charge in [-0.1, -0.05) is 0 Å². The molecule has 29 heavy (non-hydrogen) atoms. The van der Waals surface area contributed by atoms with Crippen LogP contribution in [0.5, 0.6) is 0 Å². The molecule has 0 bridgehead atoms. The van der Waals surface area contributed by atoms with Crippen LogP contribution in [-0.2, 0) is 10.1 Å². The van der Waals surface area contributed by atoms with Crippen LogP contribution < -0.4 is 5.32 Å². The SMILES string of the molecule is CNC.O=S(=O)(O)CC(F)C(F)C(F)C(F)C(F)C(F)C(F)C(F)C(F)C(F)F. The number of nitrogens with one attached hydrogen (secondary N) is 1. The van der Waals surface area contributed by atoms with Crippen LogP contribution in [0.15, 0.2) is 0 Å². The predicted octanol–water partition coefficient (Wildman–Crippen LogP) is 3.02. The minimum Gasteiger partial charge on any atom is -0.323 e. The molecule has 0 radical (unpaired) electrons. The Morgan fingerprint density at radius 1 is 0.621 bits per heavy atom. The topological polar surface area (TPSA) is 66.4 Å². The standard InChI is InChI=1S/C11H13F11O3S.C2H7N/c12-2(1-26(23,24)25)3(13)4(14)5(15)6(16)7(17)8(18)9(19)10(20)11(21)22;1-3-2/h2-11H,1H2,(H,23,24,25);3H,1-2H3. The smallest absolute Gasteiger partial charge is 0.272 e. The molecule has 0 aromatic carbocycles. The van der Waals surface area contributed by atoms with Crippen LogP contribution in [0.25, 0.3) is 0 Å². The summed E-state index contributed by atoms with van der Waals surface area (Å²) in [5.74, 6) is -2.08. The van der Waals surface area contributed by atoms with Gasteiger partial charge >= 0.3 is 0 Å². The molecule has 0 aliphatic heterocycles. The van der Waals surface area contributed by atoms with Crippen LogP contribution in [0, 0.1) is 0 Å². The Morgan fingerprint density at radius 3 is 1.10 bits per heavy atom. The molecule has 0 saturated carbocycles. The van der Waals surface area contributed by atoms with Gasteiger partial charge in [0, 0.05) is 0 Å². The molecule has 0 rings (SSSR count).